The minimum Gasteiger partial charge on any atom is -0.480 e. The Bertz CT molecular complexity index is 1300. The number of alkyl carbamates (subject to hydrolysis) is 1. The molecular weight excluding hydrogens is 536 g/mol. The number of amides is 1. The van der Waals surface area contributed by atoms with Gasteiger partial charge in [-0.15, -0.1) is 0 Å². The number of hydrogen-bond acceptors (Lipinski definition) is 5. The summed E-state index contributed by atoms with van der Waals surface area (Å²) < 4.78 is 33.2. The third-order valence-corrected chi connectivity index (χ3v) is 7.79. The molecule has 8 nitrogen and oxygen atoms in total. The molecule has 0 saturated heterocycles. The van der Waals surface area contributed by atoms with Crippen molar-refractivity contribution in [3.63, 3.8) is 0 Å². The molecule has 0 unspecified atom stereocenters. The van der Waals surface area contributed by atoms with E-state index < -0.39 is 28.1 Å². The molecule has 0 fully saturated rings. The molecule has 4 rings (SSSR count). The standard InChI is InChI=1S/C25H23BrN2O6S/c26-16-9-11-17(12-10-16)35(32,33)27-14-13-23(24(29)30)28-25(31)34-15-22-20-7-3-1-5-18(20)19-6-2-4-8-21(19)22/h1-12,22-23,27H,13-15H2,(H,28,31)(H,29,30)/t23-/m0/s1. The zero-order valence-corrected chi connectivity index (χ0v) is 20.9. The largest absolute Gasteiger partial charge is 0.480 e. The number of ether oxygens (including phenoxy) is 1. The molecule has 1 atom stereocenters. The molecule has 0 aliphatic heterocycles. The summed E-state index contributed by atoms with van der Waals surface area (Å²) in [4.78, 5) is 24.1. The van der Waals surface area contributed by atoms with Crippen LogP contribution in [0.25, 0.3) is 11.1 Å². The number of aliphatic carboxylic acids is 1. The molecule has 0 heterocycles. The Balaban J connectivity index is 1.33. The van der Waals surface area contributed by atoms with Gasteiger partial charge in [0.1, 0.15) is 12.6 Å². The number of carboxylic acids is 1. The lowest BCUT2D eigenvalue weighted by Crippen LogP contribution is -2.43. The van der Waals surface area contributed by atoms with E-state index in [1.165, 1.54) is 12.1 Å². The van der Waals surface area contributed by atoms with Crippen molar-refractivity contribution in [3.8, 4) is 11.1 Å². The Morgan fingerprint density at radius 2 is 1.51 bits per heavy atom. The fraction of sp³-hybridized carbons (Fsp3) is 0.200. The van der Waals surface area contributed by atoms with Crippen LogP contribution in [0.2, 0.25) is 0 Å². The SMILES string of the molecule is O=C(N[C@@H](CCNS(=O)(=O)c1ccc(Br)cc1)C(=O)O)OCC1c2ccccc2-c2ccccc21. The smallest absolute Gasteiger partial charge is 0.407 e. The van der Waals surface area contributed by atoms with Crippen molar-refractivity contribution in [3.05, 3.63) is 88.4 Å². The van der Waals surface area contributed by atoms with Gasteiger partial charge in [0.25, 0.3) is 0 Å². The highest BCUT2D eigenvalue weighted by Gasteiger charge is 2.29. The van der Waals surface area contributed by atoms with Crippen molar-refractivity contribution in [2.24, 2.45) is 0 Å². The van der Waals surface area contributed by atoms with Crippen molar-refractivity contribution >= 4 is 38.0 Å². The highest BCUT2D eigenvalue weighted by Crippen LogP contribution is 2.44. The zero-order valence-electron chi connectivity index (χ0n) is 18.5. The van der Waals surface area contributed by atoms with E-state index in [4.69, 9.17) is 4.74 Å². The summed E-state index contributed by atoms with van der Waals surface area (Å²) in [5, 5.41) is 11.8. The summed E-state index contributed by atoms with van der Waals surface area (Å²) >= 11 is 3.24. The van der Waals surface area contributed by atoms with Gasteiger partial charge in [-0.1, -0.05) is 64.5 Å². The highest BCUT2D eigenvalue weighted by molar-refractivity contribution is 9.10. The lowest BCUT2D eigenvalue weighted by Gasteiger charge is -2.17. The van der Waals surface area contributed by atoms with Crippen molar-refractivity contribution in [1.82, 2.24) is 10.0 Å². The second kappa shape index (κ2) is 10.6. The van der Waals surface area contributed by atoms with E-state index in [1.807, 2.05) is 48.5 Å². The lowest BCUT2D eigenvalue weighted by molar-refractivity contribution is -0.139. The van der Waals surface area contributed by atoms with Crippen LogP contribution in [0.3, 0.4) is 0 Å². The Labute approximate surface area is 211 Å². The van der Waals surface area contributed by atoms with Gasteiger partial charge in [0.05, 0.1) is 4.90 Å². The molecule has 1 aliphatic carbocycles. The fourth-order valence-corrected chi connectivity index (χ4v) is 5.39. The molecule has 1 aliphatic rings. The second-order valence-electron chi connectivity index (χ2n) is 8.00. The average molecular weight is 559 g/mol. The van der Waals surface area contributed by atoms with Gasteiger partial charge < -0.3 is 15.2 Å². The maximum Gasteiger partial charge on any atom is 0.407 e. The molecule has 35 heavy (non-hydrogen) atoms. The molecule has 0 spiro atoms. The van der Waals surface area contributed by atoms with Crippen LogP contribution in [0, 0.1) is 0 Å². The maximum atomic E-state index is 12.4. The van der Waals surface area contributed by atoms with Crippen molar-refractivity contribution < 1.29 is 27.9 Å². The Kier molecular flexibility index (Phi) is 7.54. The van der Waals surface area contributed by atoms with Crippen LogP contribution in [0.1, 0.15) is 23.5 Å². The predicted molar refractivity (Wildman–Crippen MR) is 134 cm³/mol. The van der Waals surface area contributed by atoms with E-state index >= 15 is 0 Å². The third kappa shape index (κ3) is 5.72. The monoisotopic (exact) mass is 558 g/mol. The number of halogens is 1. The minimum atomic E-state index is -3.81. The number of sulfonamides is 1. The number of carbonyl (C=O) groups is 2. The number of fused-ring (bicyclic) bond motifs is 3. The molecule has 182 valence electrons. The molecule has 1 amide bonds. The van der Waals surface area contributed by atoms with Crippen LogP contribution >= 0.6 is 15.9 Å². The predicted octanol–water partition coefficient (Wildman–Crippen LogP) is 4.11. The summed E-state index contributed by atoms with van der Waals surface area (Å²) in [7, 11) is -3.81. The van der Waals surface area contributed by atoms with Gasteiger partial charge in [-0.05, 0) is 52.9 Å². The first kappa shape index (κ1) is 24.9. The van der Waals surface area contributed by atoms with E-state index in [-0.39, 0.29) is 30.4 Å². The van der Waals surface area contributed by atoms with E-state index in [1.54, 1.807) is 12.1 Å². The van der Waals surface area contributed by atoms with Gasteiger partial charge in [-0.3, -0.25) is 0 Å². The maximum absolute atomic E-state index is 12.4. The van der Waals surface area contributed by atoms with Gasteiger partial charge in [-0.25, -0.2) is 22.7 Å². The topological polar surface area (TPSA) is 122 Å². The van der Waals surface area contributed by atoms with Gasteiger partial charge in [0, 0.05) is 16.9 Å². The van der Waals surface area contributed by atoms with Crippen LogP contribution < -0.4 is 10.0 Å². The van der Waals surface area contributed by atoms with Crippen molar-refractivity contribution in [1.29, 1.82) is 0 Å². The number of benzene rings is 3. The molecule has 3 N–H and O–H groups in total. The second-order valence-corrected chi connectivity index (χ2v) is 10.7. The van der Waals surface area contributed by atoms with Crippen LogP contribution in [-0.2, 0) is 19.6 Å². The average Bonchev–Trinajstić information content (AvgIpc) is 3.16. The number of carbonyl (C=O) groups excluding carboxylic acids is 1. The number of carboxylic acid groups (broad SMARTS) is 1. The molecule has 0 saturated carbocycles. The summed E-state index contributed by atoms with van der Waals surface area (Å²) in [5.74, 6) is -1.45. The van der Waals surface area contributed by atoms with E-state index in [2.05, 4.69) is 26.0 Å². The van der Waals surface area contributed by atoms with Gasteiger partial charge in [0.15, 0.2) is 0 Å². The number of rotatable bonds is 9. The summed E-state index contributed by atoms with van der Waals surface area (Å²) in [5.41, 5.74) is 4.24. The van der Waals surface area contributed by atoms with Crippen LogP contribution in [0.15, 0.2) is 82.2 Å². The molecular formula is C25H23BrN2O6S. The van der Waals surface area contributed by atoms with Crippen LogP contribution in [0.4, 0.5) is 4.79 Å². The molecule has 3 aromatic rings. The zero-order chi connectivity index (χ0) is 25.0. The number of nitrogens with one attached hydrogen (secondary N) is 2. The third-order valence-electron chi connectivity index (χ3n) is 5.78. The number of hydrogen-bond donors (Lipinski definition) is 3. The fourth-order valence-electron chi connectivity index (χ4n) is 4.07. The summed E-state index contributed by atoms with van der Waals surface area (Å²) in [6, 6.07) is 20.5. The van der Waals surface area contributed by atoms with Crippen LogP contribution in [-0.4, -0.2) is 44.8 Å². The quantitative estimate of drug-likeness (QED) is 0.363. The van der Waals surface area contributed by atoms with Gasteiger partial charge in [0.2, 0.25) is 10.0 Å². The highest BCUT2D eigenvalue weighted by atomic mass is 79.9. The lowest BCUT2D eigenvalue weighted by atomic mass is 9.98. The molecule has 0 aromatic heterocycles. The van der Waals surface area contributed by atoms with Gasteiger partial charge in [-0.2, -0.15) is 0 Å². The first-order chi connectivity index (χ1) is 16.8. The summed E-state index contributed by atoms with van der Waals surface area (Å²) in [6.45, 7) is -0.137. The first-order valence-corrected chi connectivity index (χ1v) is 13.1. The van der Waals surface area contributed by atoms with E-state index in [9.17, 15) is 23.1 Å². The first-order valence-electron chi connectivity index (χ1n) is 10.9. The van der Waals surface area contributed by atoms with E-state index in [0.717, 1.165) is 26.7 Å². The Morgan fingerprint density at radius 1 is 0.943 bits per heavy atom. The van der Waals surface area contributed by atoms with E-state index in [0.29, 0.717) is 0 Å². The van der Waals surface area contributed by atoms with Crippen LogP contribution in [0.5, 0.6) is 0 Å². The molecule has 0 radical (unpaired) electrons. The molecule has 0 bridgehead atoms. The minimum absolute atomic E-state index is 0.0440. The van der Waals surface area contributed by atoms with Crippen molar-refractivity contribution in [2.75, 3.05) is 13.2 Å². The molecule has 3 aromatic carbocycles. The Morgan fingerprint density at radius 3 is 2.09 bits per heavy atom. The van der Waals surface area contributed by atoms with Gasteiger partial charge >= 0.3 is 12.1 Å². The van der Waals surface area contributed by atoms with Crippen molar-refractivity contribution in [2.45, 2.75) is 23.3 Å². The normalized spacial score (nSPS) is 13.5. The summed E-state index contributed by atoms with van der Waals surface area (Å²) in [6.07, 6.45) is -1.04. The molecule has 10 heteroatoms. The Hall–Kier alpha value is -3.21.